The topological polar surface area (TPSA) is 57.0 Å². The van der Waals surface area contributed by atoms with Gasteiger partial charge in [0.05, 0.1) is 33.4 Å². The third-order valence-electron chi connectivity index (χ3n) is 2.65. The quantitative estimate of drug-likeness (QED) is 0.778. The van der Waals surface area contributed by atoms with E-state index in [9.17, 15) is 4.79 Å². The van der Waals surface area contributed by atoms with Crippen molar-refractivity contribution in [1.82, 2.24) is 4.98 Å². The number of aromatic nitrogens is 1. The zero-order valence-electron chi connectivity index (χ0n) is 9.94. The SMILES string of the molecule is CN(C)c1cc(C#N)cc2c(Cl)c(C=O)cnc12. The molecule has 0 spiro atoms. The first-order valence-corrected chi connectivity index (χ1v) is 5.61. The number of hydrogen-bond acceptors (Lipinski definition) is 4. The van der Waals surface area contributed by atoms with Crippen LogP contribution in [0.4, 0.5) is 5.69 Å². The number of rotatable bonds is 2. The Kier molecular flexibility index (Phi) is 3.17. The highest BCUT2D eigenvalue weighted by atomic mass is 35.5. The highest BCUT2D eigenvalue weighted by Gasteiger charge is 2.12. The van der Waals surface area contributed by atoms with Gasteiger partial charge in [-0.05, 0) is 12.1 Å². The molecule has 1 aromatic heterocycles. The lowest BCUT2D eigenvalue weighted by Gasteiger charge is -2.16. The summed E-state index contributed by atoms with van der Waals surface area (Å²) in [5.41, 5.74) is 2.28. The highest BCUT2D eigenvalue weighted by Crippen LogP contribution is 2.31. The van der Waals surface area contributed by atoms with Crippen molar-refractivity contribution < 1.29 is 4.79 Å². The lowest BCUT2D eigenvalue weighted by molar-refractivity contribution is 0.112. The molecule has 0 saturated heterocycles. The number of nitrogens with zero attached hydrogens (tertiary/aromatic N) is 3. The number of carbonyl (C=O) groups excluding carboxylic acids is 1. The molecule has 0 atom stereocenters. The maximum atomic E-state index is 10.8. The minimum absolute atomic E-state index is 0.323. The summed E-state index contributed by atoms with van der Waals surface area (Å²) in [4.78, 5) is 16.9. The van der Waals surface area contributed by atoms with E-state index < -0.39 is 0 Å². The van der Waals surface area contributed by atoms with Crippen molar-refractivity contribution in [3.8, 4) is 6.07 Å². The fourth-order valence-corrected chi connectivity index (χ4v) is 1.99. The van der Waals surface area contributed by atoms with E-state index in [0.717, 1.165) is 5.69 Å². The second kappa shape index (κ2) is 4.63. The molecule has 4 nitrogen and oxygen atoms in total. The predicted octanol–water partition coefficient (Wildman–Crippen LogP) is 2.64. The molecule has 1 heterocycles. The van der Waals surface area contributed by atoms with Crippen LogP contribution in [0.3, 0.4) is 0 Å². The van der Waals surface area contributed by atoms with Crippen LogP contribution in [0.25, 0.3) is 10.9 Å². The Morgan fingerprint density at radius 1 is 1.44 bits per heavy atom. The minimum Gasteiger partial charge on any atom is -0.376 e. The molecule has 0 amide bonds. The second-order valence-corrected chi connectivity index (χ2v) is 4.42. The molecule has 0 bridgehead atoms. The number of aldehydes is 1. The molecule has 2 rings (SSSR count). The number of pyridine rings is 1. The number of fused-ring (bicyclic) bond motifs is 1. The largest absolute Gasteiger partial charge is 0.376 e. The third-order valence-corrected chi connectivity index (χ3v) is 3.07. The summed E-state index contributed by atoms with van der Waals surface area (Å²) in [5, 5.41) is 9.96. The summed E-state index contributed by atoms with van der Waals surface area (Å²) in [6.45, 7) is 0. The van der Waals surface area contributed by atoms with Gasteiger partial charge in [-0.25, -0.2) is 0 Å². The molecule has 0 fully saturated rings. The van der Waals surface area contributed by atoms with Crippen molar-refractivity contribution in [3.05, 3.63) is 34.5 Å². The van der Waals surface area contributed by atoms with Crippen LogP contribution in [-0.4, -0.2) is 25.4 Å². The van der Waals surface area contributed by atoms with Gasteiger partial charge in [0.1, 0.15) is 0 Å². The zero-order chi connectivity index (χ0) is 13.3. The number of nitriles is 1. The molecule has 0 radical (unpaired) electrons. The number of anilines is 1. The van der Waals surface area contributed by atoms with Crippen LogP contribution in [0.5, 0.6) is 0 Å². The first-order valence-electron chi connectivity index (χ1n) is 5.23. The molecular formula is C13H10ClN3O. The van der Waals surface area contributed by atoms with Gasteiger partial charge in [0.25, 0.3) is 0 Å². The molecule has 2 aromatic rings. The van der Waals surface area contributed by atoms with Gasteiger partial charge in [0, 0.05) is 25.7 Å². The molecule has 90 valence electrons. The fourth-order valence-electron chi connectivity index (χ4n) is 1.76. The molecule has 0 N–H and O–H groups in total. The van der Waals surface area contributed by atoms with Gasteiger partial charge >= 0.3 is 0 Å². The van der Waals surface area contributed by atoms with Crippen molar-refractivity contribution >= 4 is 34.5 Å². The zero-order valence-corrected chi connectivity index (χ0v) is 10.7. The molecule has 18 heavy (non-hydrogen) atoms. The van der Waals surface area contributed by atoms with E-state index >= 15 is 0 Å². The lowest BCUT2D eigenvalue weighted by Crippen LogP contribution is -2.10. The molecule has 1 aromatic carbocycles. The Hall–Kier alpha value is -2.12. The summed E-state index contributed by atoms with van der Waals surface area (Å²) in [6.07, 6.45) is 2.10. The van der Waals surface area contributed by atoms with E-state index in [1.165, 1.54) is 6.20 Å². The molecule has 0 saturated carbocycles. The Balaban J connectivity index is 2.92. The van der Waals surface area contributed by atoms with E-state index in [0.29, 0.717) is 33.3 Å². The molecular weight excluding hydrogens is 250 g/mol. The molecule has 0 aliphatic heterocycles. The third kappa shape index (κ3) is 1.89. The van der Waals surface area contributed by atoms with Crippen LogP contribution in [0, 0.1) is 11.3 Å². The van der Waals surface area contributed by atoms with Crippen LogP contribution in [0.2, 0.25) is 5.02 Å². The van der Waals surface area contributed by atoms with Crippen LogP contribution >= 0.6 is 11.6 Å². The first-order chi connectivity index (χ1) is 8.58. The summed E-state index contributed by atoms with van der Waals surface area (Å²) < 4.78 is 0. The molecule has 0 aliphatic rings. The monoisotopic (exact) mass is 259 g/mol. The van der Waals surface area contributed by atoms with E-state index in [4.69, 9.17) is 16.9 Å². The average molecular weight is 260 g/mol. The van der Waals surface area contributed by atoms with E-state index in [2.05, 4.69) is 11.1 Å². The Morgan fingerprint density at radius 2 is 2.17 bits per heavy atom. The molecule has 0 unspecified atom stereocenters. The number of carbonyl (C=O) groups is 1. The summed E-state index contributed by atoms with van der Waals surface area (Å²) in [6, 6.07) is 5.46. The predicted molar refractivity (Wildman–Crippen MR) is 71.2 cm³/mol. The summed E-state index contributed by atoms with van der Waals surface area (Å²) in [5.74, 6) is 0. The standard InChI is InChI=1S/C13H10ClN3O/c1-17(2)11-4-8(5-15)3-10-12(14)9(7-18)6-16-13(10)11/h3-4,6-7H,1-2H3. The van der Waals surface area contributed by atoms with Gasteiger partial charge in [-0.1, -0.05) is 11.6 Å². The lowest BCUT2D eigenvalue weighted by atomic mass is 10.1. The van der Waals surface area contributed by atoms with Crippen molar-refractivity contribution in [1.29, 1.82) is 5.26 Å². The Labute approximate surface area is 109 Å². The van der Waals surface area contributed by atoms with E-state index in [1.54, 1.807) is 12.1 Å². The highest BCUT2D eigenvalue weighted by molar-refractivity contribution is 6.38. The summed E-state index contributed by atoms with van der Waals surface area (Å²) in [7, 11) is 3.72. The first kappa shape index (κ1) is 12.3. The van der Waals surface area contributed by atoms with Crippen molar-refractivity contribution in [3.63, 3.8) is 0 Å². The maximum absolute atomic E-state index is 10.8. The Bertz CT molecular complexity index is 674. The van der Waals surface area contributed by atoms with Crippen LogP contribution in [0.15, 0.2) is 18.3 Å². The van der Waals surface area contributed by atoms with Gasteiger partial charge in [-0.3, -0.25) is 9.78 Å². The van der Waals surface area contributed by atoms with Gasteiger partial charge in [-0.15, -0.1) is 0 Å². The summed E-state index contributed by atoms with van der Waals surface area (Å²) >= 11 is 6.15. The van der Waals surface area contributed by atoms with Gasteiger partial charge in [0.15, 0.2) is 6.29 Å². The molecule has 5 heteroatoms. The van der Waals surface area contributed by atoms with Crippen LogP contribution in [0.1, 0.15) is 15.9 Å². The van der Waals surface area contributed by atoms with E-state index in [1.807, 2.05) is 19.0 Å². The van der Waals surface area contributed by atoms with Crippen molar-refractivity contribution in [2.24, 2.45) is 0 Å². The maximum Gasteiger partial charge on any atom is 0.153 e. The molecule has 0 aliphatic carbocycles. The minimum atomic E-state index is 0.323. The van der Waals surface area contributed by atoms with Crippen molar-refractivity contribution in [2.75, 3.05) is 19.0 Å². The number of benzene rings is 1. The van der Waals surface area contributed by atoms with Gasteiger partial charge < -0.3 is 4.90 Å². The van der Waals surface area contributed by atoms with E-state index in [-0.39, 0.29) is 0 Å². The number of hydrogen-bond donors (Lipinski definition) is 0. The number of halogens is 1. The van der Waals surface area contributed by atoms with Gasteiger partial charge in [-0.2, -0.15) is 5.26 Å². The normalized spacial score (nSPS) is 10.1. The Morgan fingerprint density at radius 3 is 2.72 bits per heavy atom. The smallest absolute Gasteiger partial charge is 0.153 e. The van der Waals surface area contributed by atoms with Crippen LogP contribution < -0.4 is 4.90 Å². The fraction of sp³-hybridized carbons (Fsp3) is 0.154. The van der Waals surface area contributed by atoms with Gasteiger partial charge in [0.2, 0.25) is 0 Å². The van der Waals surface area contributed by atoms with Crippen molar-refractivity contribution in [2.45, 2.75) is 0 Å². The van der Waals surface area contributed by atoms with Crippen LogP contribution in [-0.2, 0) is 0 Å². The average Bonchev–Trinajstić information content (AvgIpc) is 2.38. The second-order valence-electron chi connectivity index (χ2n) is 4.04.